The molecule has 0 bridgehead atoms. The Morgan fingerprint density at radius 2 is 1.91 bits per heavy atom. The van der Waals surface area contributed by atoms with Gasteiger partial charge < -0.3 is 15.8 Å². The zero-order chi connectivity index (χ0) is 25.1. The molecular formula is C22H24F5N5O2. The van der Waals surface area contributed by atoms with Crippen LogP contribution in [-0.2, 0) is 4.79 Å². The summed E-state index contributed by atoms with van der Waals surface area (Å²) in [5, 5.41) is 7.43. The molecule has 1 aliphatic carbocycles. The molecule has 2 atom stereocenters. The van der Waals surface area contributed by atoms with Crippen LogP contribution in [0.4, 0.5) is 27.6 Å². The first-order valence-corrected chi connectivity index (χ1v) is 10.3. The van der Waals surface area contributed by atoms with Crippen molar-refractivity contribution in [3.05, 3.63) is 59.7 Å². The first-order valence-electron chi connectivity index (χ1n) is 10.3. The number of nitrogens with one attached hydrogen (secondary N) is 1. The predicted octanol–water partition coefficient (Wildman–Crippen LogP) is 4.17. The van der Waals surface area contributed by atoms with Crippen LogP contribution < -0.4 is 21.6 Å². The van der Waals surface area contributed by atoms with E-state index < -0.39 is 42.2 Å². The van der Waals surface area contributed by atoms with Gasteiger partial charge in [0.05, 0.1) is 5.92 Å². The van der Waals surface area contributed by atoms with Crippen LogP contribution in [0.3, 0.4) is 0 Å². The number of amides is 1. The summed E-state index contributed by atoms with van der Waals surface area (Å²) in [6.07, 6.45) is -5.61. The van der Waals surface area contributed by atoms with Crippen molar-refractivity contribution in [2.24, 2.45) is 22.6 Å². The minimum atomic E-state index is -4.90. The third kappa shape index (κ3) is 6.80. The summed E-state index contributed by atoms with van der Waals surface area (Å²) >= 11 is 0. The highest BCUT2D eigenvalue weighted by Crippen LogP contribution is 2.46. The molecule has 5 N–H and O–H groups in total. The minimum absolute atomic E-state index is 0.0421. The van der Waals surface area contributed by atoms with Crippen molar-refractivity contribution >= 4 is 17.4 Å². The molecule has 1 amide bonds. The van der Waals surface area contributed by atoms with Crippen LogP contribution in [-0.4, -0.2) is 36.2 Å². The summed E-state index contributed by atoms with van der Waals surface area (Å²) in [5.74, 6) is -0.110. The number of hydrazine groups is 1. The van der Waals surface area contributed by atoms with Crippen molar-refractivity contribution in [3.8, 4) is 5.75 Å². The number of hydrogen-bond donors (Lipinski definition) is 3. The lowest BCUT2D eigenvalue weighted by atomic mass is 9.83. The SMILES string of the molecule is CN(N)/N=C(\N)c1ccc(C(C(=O)Nc2cccc(OC(F)(F)F)c2)C2CCC(F)(F)C2)cc1. The Labute approximate surface area is 192 Å². The molecule has 1 saturated carbocycles. The van der Waals surface area contributed by atoms with E-state index in [0.717, 1.165) is 17.3 Å². The Bertz CT molecular complexity index is 1040. The van der Waals surface area contributed by atoms with Crippen molar-refractivity contribution in [2.45, 2.75) is 37.5 Å². The lowest BCUT2D eigenvalue weighted by molar-refractivity contribution is -0.274. The predicted molar refractivity (Wildman–Crippen MR) is 116 cm³/mol. The van der Waals surface area contributed by atoms with E-state index >= 15 is 0 Å². The largest absolute Gasteiger partial charge is 0.573 e. The van der Waals surface area contributed by atoms with Gasteiger partial charge in [-0.25, -0.2) is 19.7 Å². The Hall–Kier alpha value is -3.41. The van der Waals surface area contributed by atoms with Gasteiger partial charge in [-0.15, -0.1) is 18.3 Å². The highest BCUT2D eigenvalue weighted by molar-refractivity contribution is 5.98. The number of carbonyl (C=O) groups excluding carboxylic acids is 1. The van der Waals surface area contributed by atoms with Crippen molar-refractivity contribution in [2.75, 3.05) is 12.4 Å². The summed E-state index contributed by atoms with van der Waals surface area (Å²) in [4.78, 5) is 13.2. The topological polar surface area (TPSA) is 106 Å². The molecule has 2 unspecified atom stereocenters. The van der Waals surface area contributed by atoms with Gasteiger partial charge >= 0.3 is 6.36 Å². The second kappa shape index (κ2) is 9.84. The lowest BCUT2D eigenvalue weighted by Gasteiger charge is -2.24. The van der Waals surface area contributed by atoms with Crippen LogP contribution in [0.2, 0.25) is 0 Å². The van der Waals surface area contributed by atoms with Gasteiger partial charge in [0.25, 0.3) is 0 Å². The fraction of sp³-hybridized carbons (Fsp3) is 0.364. The number of amidine groups is 1. The molecule has 12 heteroatoms. The van der Waals surface area contributed by atoms with Gasteiger partial charge in [0.15, 0.2) is 5.84 Å². The van der Waals surface area contributed by atoms with Gasteiger partial charge in [-0.1, -0.05) is 30.3 Å². The van der Waals surface area contributed by atoms with E-state index in [0.29, 0.717) is 11.1 Å². The fourth-order valence-corrected chi connectivity index (χ4v) is 3.99. The van der Waals surface area contributed by atoms with Crippen molar-refractivity contribution in [1.29, 1.82) is 0 Å². The maximum absolute atomic E-state index is 14.0. The molecule has 3 rings (SSSR count). The third-order valence-corrected chi connectivity index (χ3v) is 5.36. The summed E-state index contributed by atoms with van der Waals surface area (Å²) in [6, 6.07) is 11.1. The number of alkyl halides is 5. The number of anilines is 1. The van der Waals surface area contributed by atoms with Gasteiger partial charge in [0, 0.05) is 37.2 Å². The number of carbonyl (C=O) groups is 1. The van der Waals surface area contributed by atoms with Crippen LogP contribution in [0.15, 0.2) is 53.6 Å². The van der Waals surface area contributed by atoms with E-state index in [1.807, 2.05) is 0 Å². The van der Waals surface area contributed by atoms with Gasteiger partial charge in [-0.05, 0) is 30.0 Å². The summed E-state index contributed by atoms with van der Waals surface area (Å²) in [6.45, 7) is 0. The molecule has 0 aliphatic heterocycles. The van der Waals surface area contributed by atoms with E-state index in [1.165, 1.54) is 19.2 Å². The van der Waals surface area contributed by atoms with Gasteiger partial charge in [0.1, 0.15) is 5.75 Å². The standard InChI is InChI=1S/C22H24F5N5O2/c1-32(29)31-19(28)14-7-5-13(6-8-14)18(15-9-10-21(23,24)12-15)20(33)30-16-3-2-4-17(11-16)34-22(25,26)27/h2-8,11,15,18H,9-10,12,29H2,1H3,(H2,28,31)(H,30,33). The molecule has 2 aromatic rings. The van der Waals surface area contributed by atoms with Crippen LogP contribution in [0.5, 0.6) is 5.75 Å². The molecule has 1 fully saturated rings. The second-order valence-corrected chi connectivity index (χ2v) is 8.08. The zero-order valence-electron chi connectivity index (χ0n) is 18.2. The monoisotopic (exact) mass is 485 g/mol. The number of ether oxygens (including phenoxy) is 1. The summed E-state index contributed by atoms with van der Waals surface area (Å²) < 4.78 is 69.3. The number of nitrogens with zero attached hydrogens (tertiary/aromatic N) is 2. The number of benzene rings is 2. The van der Waals surface area contributed by atoms with Crippen LogP contribution in [0, 0.1) is 5.92 Å². The number of hydrazone groups is 1. The summed E-state index contributed by atoms with van der Waals surface area (Å²) in [5.41, 5.74) is 6.87. The van der Waals surface area contributed by atoms with Crippen molar-refractivity contribution in [3.63, 3.8) is 0 Å². The number of rotatable bonds is 7. The Balaban J connectivity index is 1.87. The highest BCUT2D eigenvalue weighted by atomic mass is 19.4. The average molecular weight is 485 g/mol. The molecule has 0 radical (unpaired) electrons. The third-order valence-electron chi connectivity index (χ3n) is 5.36. The molecular weight excluding hydrogens is 461 g/mol. The average Bonchev–Trinajstić information content (AvgIpc) is 3.06. The number of hydrogen-bond acceptors (Lipinski definition) is 5. The lowest BCUT2D eigenvalue weighted by Crippen LogP contribution is -2.28. The number of halogens is 5. The Morgan fingerprint density at radius 3 is 2.47 bits per heavy atom. The minimum Gasteiger partial charge on any atom is -0.406 e. The molecule has 34 heavy (non-hydrogen) atoms. The molecule has 184 valence electrons. The molecule has 0 spiro atoms. The fourth-order valence-electron chi connectivity index (χ4n) is 3.99. The molecule has 0 aromatic heterocycles. The van der Waals surface area contributed by atoms with Gasteiger partial charge in [0.2, 0.25) is 11.8 Å². The van der Waals surface area contributed by atoms with Gasteiger partial charge in [-0.2, -0.15) is 0 Å². The molecule has 2 aromatic carbocycles. The zero-order valence-corrected chi connectivity index (χ0v) is 18.2. The van der Waals surface area contributed by atoms with E-state index in [2.05, 4.69) is 15.2 Å². The molecule has 7 nitrogen and oxygen atoms in total. The first-order chi connectivity index (χ1) is 15.8. The molecule has 0 saturated heterocycles. The molecule has 1 aliphatic rings. The smallest absolute Gasteiger partial charge is 0.406 e. The van der Waals surface area contributed by atoms with Crippen molar-refractivity contribution < 1.29 is 31.5 Å². The van der Waals surface area contributed by atoms with Crippen LogP contribution in [0.1, 0.15) is 36.3 Å². The van der Waals surface area contributed by atoms with Crippen LogP contribution in [0.25, 0.3) is 0 Å². The Morgan fingerprint density at radius 1 is 1.24 bits per heavy atom. The van der Waals surface area contributed by atoms with Crippen molar-refractivity contribution in [1.82, 2.24) is 5.12 Å². The maximum atomic E-state index is 14.0. The first kappa shape index (κ1) is 25.2. The Kier molecular flexibility index (Phi) is 7.29. The van der Waals surface area contributed by atoms with Gasteiger partial charge in [-0.3, -0.25) is 4.79 Å². The van der Waals surface area contributed by atoms with E-state index in [1.54, 1.807) is 24.3 Å². The maximum Gasteiger partial charge on any atom is 0.573 e. The van der Waals surface area contributed by atoms with E-state index in [-0.39, 0.29) is 24.4 Å². The quantitative estimate of drug-likeness (QED) is 0.180. The summed E-state index contributed by atoms with van der Waals surface area (Å²) in [7, 11) is 1.48. The highest BCUT2D eigenvalue weighted by Gasteiger charge is 2.45. The second-order valence-electron chi connectivity index (χ2n) is 8.08. The number of nitrogens with two attached hydrogens (primary N) is 2. The molecule has 0 heterocycles. The van der Waals surface area contributed by atoms with E-state index in [9.17, 15) is 26.7 Å². The normalized spacial score (nSPS) is 18.9. The van der Waals surface area contributed by atoms with E-state index in [4.69, 9.17) is 11.6 Å². The van der Waals surface area contributed by atoms with Crippen LogP contribution >= 0.6 is 0 Å².